The molecule has 24 heavy (non-hydrogen) atoms. The highest BCUT2D eigenvalue weighted by Crippen LogP contribution is 2.57. The second kappa shape index (κ2) is 4.54. The SMILES string of the molecule is CC1(C)CC2(CC(C)(C)N1)OC(=O)N1CCc3ccccc3[C@]12C. The molecular formula is C20H28N2O2. The predicted octanol–water partition coefficient (Wildman–Crippen LogP) is 3.59. The Bertz CT molecular complexity index is 693. The highest BCUT2D eigenvalue weighted by molar-refractivity contribution is 5.75. The quantitative estimate of drug-likeness (QED) is 0.791. The Morgan fingerprint density at radius 3 is 2.33 bits per heavy atom. The molecule has 2 fully saturated rings. The lowest BCUT2D eigenvalue weighted by atomic mass is 9.61. The van der Waals surface area contributed by atoms with Gasteiger partial charge in [0.1, 0.15) is 11.1 Å². The monoisotopic (exact) mass is 328 g/mol. The van der Waals surface area contributed by atoms with Crippen LogP contribution in [0.1, 0.15) is 58.6 Å². The van der Waals surface area contributed by atoms with Crippen molar-refractivity contribution in [2.75, 3.05) is 6.54 Å². The van der Waals surface area contributed by atoms with Crippen LogP contribution in [0.3, 0.4) is 0 Å². The number of fused-ring (bicyclic) bond motifs is 4. The maximum Gasteiger partial charge on any atom is 0.411 e. The summed E-state index contributed by atoms with van der Waals surface area (Å²) in [6.07, 6.45) is 2.38. The molecule has 0 aromatic heterocycles. The van der Waals surface area contributed by atoms with E-state index in [1.165, 1.54) is 11.1 Å². The van der Waals surface area contributed by atoms with E-state index < -0.39 is 11.1 Å². The molecule has 1 atom stereocenters. The van der Waals surface area contributed by atoms with Gasteiger partial charge in [0, 0.05) is 30.5 Å². The van der Waals surface area contributed by atoms with Gasteiger partial charge in [-0.3, -0.25) is 4.90 Å². The summed E-state index contributed by atoms with van der Waals surface area (Å²) in [6.45, 7) is 11.8. The average Bonchev–Trinajstić information content (AvgIpc) is 2.63. The summed E-state index contributed by atoms with van der Waals surface area (Å²) in [5.41, 5.74) is 1.52. The van der Waals surface area contributed by atoms with E-state index in [1.807, 2.05) is 4.90 Å². The topological polar surface area (TPSA) is 41.6 Å². The van der Waals surface area contributed by atoms with E-state index in [4.69, 9.17) is 4.74 Å². The third-order valence-electron chi connectivity index (χ3n) is 6.21. The third kappa shape index (κ3) is 1.98. The van der Waals surface area contributed by atoms with Crippen molar-refractivity contribution in [3.8, 4) is 0 Å². The van der Waals surface area contributed by atoms with Crippen LogP contribution in [0.15, 0.2) is 24.3 Å². The van der Waals surface area contributed by atoms with E-state index in [-0.39, 0.29) is 17.2 Å². The normalized spacial score (nSPS) is 32.2. The number of ether oxygens (including phenoxy) is 1. The Kier molecular flexibility index (Phi) is 3.02. The summed E-state index contributed by atoms with van der Waals surface area (Å²) in [5, 5.41) is 3.72. The molecule has 2 saturated heterocycles. The van der Waals surface area contributed by atoms with Crippen LogP contribution in [0.5, 0.6) is 0 Å². The van der Waals surface area contributed by atoms with Gasteiger partial charge in [0.15, 0.2) is 0 Å². The molecule has 1 aromatic rings. The molecule has 1 N–H and O–H groups in total. The van der Waals surface area contributed by atoms with Crippen LogP contribution in [0, 0.1) is 0 Å². The first kappa shape index (κ1) is 15.9. The molecule has 3 aliphatic heterocycles. The standard InChI is InChI=1S/C20H28N2O2/c1-17(2)12-20(13-18(3,4)21-17)19(5)15-9-7-6-8-14(15)10-11-22(19)16(23)24-20/h6-9,21H,10-13H2,1-5H3/t19-/m0/s1. The Hall–Kier alpha value is -1.55. The third-order valence-corrected chi connectivity index (χ3v) is 6.21. The molecular weight excluding hydrogens is 300 g/mol. The van der Waals surface area contributed by atoms with Gasteiger partial charge in [-0.1, -0.05) is 24.3 Å². The van der Waals surface area contributed by atoms with E-state index in [0.717, 1.165) is 25.8 Å². The molecule has 0 aliphatic carbocycles. The first-order valence-corrected chi connectivity index (χ1v) is 8.97. The Labute approximate surface area is 144 Å². The highest BCUT2D eigenvalue weighted by atomic mass is 16.6. The maximum atomic E-state index is 12.8. The zero-order valence-electron chi connectivity index (χ0n) is 15.4. The number of amides is 1. The number of nitrogens with one attached hydrogen (secondary N) is 1. The van der Waals surface area contributed by atoms with Crippen LogP contribution in [-0.4, -0.2) is 34.2 Å². The molecule has 0 bridgehead atoms. The van der Waals surface area contributed by atoms with Crippen molar-refractivity contribution in [2.45, 2.75) is 76.1 Å². The molecule has 4 nitrogen and oxygen atoms in total. The summed E-state index contributed by atoms with van der Waals surface area (Å²) in [5.74, 6) is 0. The van der Waals surface area contributed by atoms with Crippen molar-refractivity contribution in [3.63, 3.8) is 0 Å². The Balaban J connectivity index is 1.93. The minimum absolute atomic E-state index is 0.0898. The van der Waals surface area contributed by atoms with Crippen LogP contribution < -0.4 is 5.32 Å². The minimum Gasteiger partial charge on any atom is -0.440 e. The summed E-state index contributed by atoms with van der Waals surface area (Å²) < 4.78 is 6.21. The number of rotatable bonds is 0. The second-order valence-corrected chi connectivity index (χ2v) is 9.24. The fourth-order valence-electron chi connectivity index (χ4n) is 5.81. The molecule has 1 aromatic carbocycles. The minimum atomic E-state index is -0.501. The number of benzene rings is 1. The molecule has 4 heteroatoms. The van der Waals surface area contributed by atoms with Crippen molar-refractivity contribution < 1.29 is 9.53 Å². The first-order chi connectivity index (χ1) is 11.1. The largest absolute Gasteiger partial charge is 0.440 e. The maximum absolute atomic E-state index is 12.8. The molecule has 1 spiro atoms. The van der Waals surface area contributed by atoms with Crippen molar-refractivity contribution in [1.82, 2.24) is 10.2 Å². The number of carbonyl (C=O) groups is 1. The summed E-state index contributed by atoms with van der Waals surface area (Å²) in [4.78, 5) is 14.8. The zero-order valence-corrected chi connectivity index (χ0v) is 15.4. The van der Waals surface area contributed by atoms with Crippen molar-refractivity contribution in [2.24, 2.45) is 0 Å². The van der Waals surface area contributed by atoms with Gasteiger partial charge >= 0.3 is 6.09 Å². The number of hydrogen-bond donors (Lipinski definition) is 1. The molecule has 130 valence electrons. The predicted molar refractivity (Wildman–Crippen MR) is 93.9 cm³/mol. The first-order valence-electron chi connectivity index (χ1n) is 8.97. The van der Waals surface area contributed by atoms with Gasteiger partial charge in [-0.05, 0) is 52.2 Å². The van der Waals surface area contributed by atoms with Crippen molar-refractivity contribution in [1.29, 1.82) is 0 Å². The fraction of sp³-hybridized carbons (Fsp3) is 0.650. The molecule has 0 radical (unpaired) electrons. The zero-order chi connectivity index (χ0) is 17.4. The molecule has 1 amide bonds. The fourth-order valence-corrected chi connectivity index (χ4v) is 5.81. The van der Waals surface area contributed by atoms with Gasteiger partial charge in [0.2, 0.25) is 0 Å². The highest BCUT2D eigenvalue weighted by Gasteiger charge is 2.68. The van der Waals surface area contributed by atoms with Crippen LogP contribution in [0.2, 0.25) is 0 Å². The van der Waals surface area contributed by atoms with Crippen LogP contribution in [0.25, 0.3) is 0 Å². The second-order valence-electron chi connectivity index (χ2n) is 9.24. The van der Waals surface area contributed by atoms with E-state index in [1.54, 1.807) is 0 Å². The number of carbonyl (C=O) groups excluding carboxylic acids is 1. The number of nitrogens with zero attached hydrogens (tertiary/aromatic N) is 1. The lowest BCUT2D eigenvalue weighted by Gasteiger charge is -2.57. The molecule has 0 unspecified atom stereocenters. The summed E-state index contributed by atoms with van der Waals surface area (Å²) in [7, 11) is 0. The van der Waals surface area contributed by atoms with Gasteiger partial charge in [-0.2, -0.15) is 0 Å². The van der Waals surface area contributed by atoms with Gasteiger partial charge in [-0.15, -0.1) is 0 Å². The average molecular weight is 328 g/mol. The van der Waals surface area contributed by atoms with Crippen LogP contribution >= 0.6 is 0 Å². The van der Waals surface area contributed by atoms with Gasteiger partial charge < -0.3 is 10.1 Å². The number of piperidine rings is 1. The molecule has 3 heterocycles. The summed E-state index contributed by atoms with van der Waals surface area (Å²) >= 11 is 0. The van der Waals surface area contributed by atoms with Gasteiger partial charge in [-0.25, -0.2) is 4.79 Å². The van der Waals surface area contributed by atoms with Gasteiger partial charge in [0.25, 0.3) is 0 Å². The van der Waals surface area contributed by atoms with Crippen molar-refractivity contribution in [3.05, 3.63) is 35.4 Å². The lowest BCUT2D eigenvalue weighted by Crippen LogP contribution is -2.69. The van der Waals surface area contributed by atoms with E-state index >= 15 is 0 Å². The van der Waals surface area contributed by atoms with Crippen LogP contribution in [0.4, 0.5) is 4.79 Å². The molecule has 3 aliphatic rings. The number of hydrogen-bond acceptors (Lipinski definition) is 3. The van der Waals surface area contributed by atoms with E-state index in [2.05, 4.69) is 64.2 Å². The summed E-state index contributed by atoms with van der Waals surface area (Å²) in [6, 6.07) is 8.57. The van der Waals surface area contributed by atoms with Crippen molar-refractivity contribution >= 4 is 6.09 Å². The van der Waals surface area contributed by atoms with E-state index in [9.17, 15) is 4.79 Å². The Morgan fingerprint density at radius 1 is 1.04 bits per heavy atom. The van der Waals surface area contributed by atoms with Crippen LogP contribution in [-0.2, 0) is 16.7 Å². The molecule has 4 rings (SSSR count). The Morgan fingerprint density at radius 2 is 1.67 bits per heavy atom. The smallest absolute Gasteiger partial charge is 0.411 e. The molecule has 0 saturated carbocycles. The van der Waals surface area contributed by atoms with Gasteiger partial charge in [0.05, 0.1) is 0 Å². The lowest BCUT2D eigenvalue weighted by molar-refractivity contribution is -0.0906. The van der Waals surface area contributed by atoms with E-state index in [0.29, 0.717) is 0 Å².